The smallest absolute Gasteiger partial charge is 0.0674 e. The molecule has 2 unspecified atom stereocenters. The molecule has 1 aromatic carbocycles. The molecule has 1 fully saturated rings. The summed E-state index contributed by atoms with van der Waals surface area (Å²) in [7, 11) is 0. The van der Waals surface area contributed by atoms with E-state index < -0.39 is 0 Å². The zero-order valence-electron chi connectivity index (χ0n) is 13.2. The van der Waals surface area contributed by atoms with Crippen LogP contribution in [0.25, 0.3) is 0 Å². The number of morpholine rings is 1. The fourth-order valence-electron chi connectivity index (χ4n) is 2.66. The van der Waals surface area contributed by atoms with Crippen molar-refractivity contribution in [3.8, 4) is 0 Å². The summed E-state index contributed by atoms with van der Waals surface area (Å²) in [4.78, 5) is 2.54. The van der Waals surface area contributed by atoms with Gasteiger partial charge < -0.3 is 10.1 Å². The van der Waals surface area contributed by atoms with Gasteiger partial charge in [-0.05, 0) is 33.3 Å². The zero-order valence-corrected chi connectivity index (χ0v) is 13.2. The normalized spacial score (nSPS) is 22.7. The van der Waals surface area contributed by atoms with Crippen LogP contribution in [0.4, 0.5) is 0 Å². The van der Waals surface area contributed by atoms with Gasteiger partial charge in [-0.3, -0.25) is 4.90 Å². The average Bonchev–Trinajstić information content (AvgIpc) is 2.39. The second-order valence-electron chi connectivity index (χ2n) is 6.73. The third-order valence-corrected chi connectivity index (χ3v) is 3.72. The van der Waals surface area contributed by atoms with Crippen LogP contribution in [0.2, 0.25) is 0 Å². The van der Waals surface area contributed by atoms with E-state index >= 15 is 0 Å². The number of rotatable bonds is 4. The Hall–Kier alpha value is -0.900. The summed E-state index contributed by atoms with van der Waals surface area (Å²) in [6.07, 6.45) is 0.324. The number of nitrogens with zero attached hydrogens (tertiary/aromatic N) is 1. The number of ether oxygens (including phenoxy) is 1. The molecule has 0 aliphatic carbocycles. The van der Waals surface area contributed by atoms with E-state index in [1.54, 1.807) is 0 Å². The first kappa shape index (κ1) is 15.5. The summed E-state index contributed by atoms with van der Waals surface area (Å²) in [6.45, 7) is 12.6. The number of benzene rings is 1. The van der Waals surface area contributed by atoms with Crippen LogP contribution in [0.3, 0.4) is 0 Å². The molecule has 20 heavy (non-hydrogen) atoms. The van der Waals surface area contributed by atoms with Crippen molar-refractivity contribution in [2.45, 2.75) is 45.4 Å². The van der Waals surface area contributed by atoms with Gasteiger partial charge in [-0.2, -0.15) is 0 Å². The average molecular weight is 276 g/mol. The highest BCUT2D eigenvalue weighted by Crippen LogP contribution is 2.23. The van der Waals surface area contributed by atoms with E-state index in [-0.39, 0.29) is 5.54 Å². The molecule has 112 valence electrons. The Kier molecular flexibility index (Phi) is 5.19. The molecule has 1 saturated heterocycles. The monoisotopic (exact) mass is 276 g/mol. The van der Waals surface area contributed by atoms with Crippen molar-refractivity contribution in [2.75, 3.05) is 26.2 Å². The van der Waals surface area contributed by atoms with E-state index in [4.69, 9.17) is 4.74 Å². The molecule has 2 rings (SSSR count). The third kappa shape index (κ3) is 4.58. The van der Waals surface area contributed by atoms with Crippen molar-refractivity contribution in [1.82, 2.24) is 10.2 Å². The van der Waals surface area contributed by atoms with Crippen LogP contribution < -0.4 is 5.32 Å². The van der Waals surface area contributed by atoms with E-state index in [0.717, 1.165) is 26.2 Å². The van der Waals surface area contributed by atoms with Gasteiger partial charge in [0, 0.05) is 31.2 Å². The largest absolute Gasteiger partial charge is 0.376 e. The van der Waals surface area contributed by atoms with Crippen molar-refractivity contribution in [2.24, 2.45) is 0 Å². The van der Waals surface area contributed by atoms with Gasteiger partial charge in [-0.1, -0.05) is 30.3 Å². The first-order valence-corrected chi connectivity index (χ1v) is 7.61. The number of hydrogen-bond donors (Lipinski definition) is 1. The maximum Gasteiger partial charge on any atom is 0.0674 e. The molecular formula is C17H28N2O. The molecule has 0 amide bonds. The Labute approximate surface area is 123 Å². The van der Waals surface area contributed by atoms with Gasteiger partial charge in [0.15, 0.2) is 0 Å². The highest BCUT2D eigenvalue weighted by atomic mass is 16.5. The molecule has 1 aliphatic heterocycles. The molecule has 0 saturated carbocycles. The molecule has 0 bridgehead atoms. The molecule has 2 atom stereocenters. The van der Waals surface area contributed by atoms with Crippen LogP contribution in [-0.4, -0.2) is 42.8 Å². The summed E-state index contributed by atoms with van der Waals surface area (Å²) in [5.74, 6) is 0. The third-order valence-electron chi connectivity index (χ3n) is 3.72. The Balaban J connectivity index is 2.11. The first-order valence-electron chi connectivity index (χ1n) is 7.61. The van der Waals surface area contributed by atoms with Crippen LogP contribution in [0.1, 0.15) is 39.3 Å². The standard InChI is InChI=1S/C17H28N2O/c1-14-13-19(10-11-20-14)16(12-18-17(2,3)4)15-8-6-5-7-9-15/h5-9,14,16,18H,10-13H2,1-4H3. The lowest BCUT2D eigenvalue weighted by molar-refractivity contribution is -0.0350. The van der Waals surface area contributed by atoms with Crippen LogP contribution in [0.15, 0.2) is 30.3 Å². The highest BCUT2D eigenvalue weighted by molar-refractivity contribution is 5.19. The van der Waals surface area contributed by atoms with E-state index in [9.17, 15) is 0 Å². The predicted octanol–water partition coefficient (Wildman–Crippen LogP) is 2.84. The fourth-order valence-corrected chi connectivity index (χ4v) is 2.66. The zero-order chi connectivity index (χ0) is 14.6. The van der Waals surface area contributed by atoms with Gasteiger partial charge in [0.2, 0.25) is 0 Å². The van der Waals surface area contributed by atoms with Crippen molar-refractivity contribution in [3.05, 3.63) is 35.9 Å². The quantitative estimate of drug-likeness (QED) is 0.915. The van der Waals surface area contributed by atoms with Crippen molar-refractivity contribution in [3.63, 3.8) is 0 Å². The van der Waals surface area contributed by atoms with Gasteiger partial charge in [-0.15, -0.1) is 0 Å². The second kappa shape index (κ2) is 6.70. The van der Waals surface area contributed by atoms with Gasteiger partial charge in [-0.25, -0.2) is 0 Å². The molecule has 3 heteroatoms. The molecule has 1 N–H and O–H groups in total. The molecule has 1 heterocycles. The molecule has 1 aromatic rings. The van der Waals surface area contributed by atoms with Crippen LogP contribution in [-0.2, 0) is 4.74 Å². The minimum absolute atomic E-state index is 0.144. The minimum atomic E-state index is 0.144. The summed E-state index contributed by atoms with van der Waals surface area (Å²) < 4.78 is 5.68. The van der Waals surface area contributed by atoms with E-state index in [1.807, 2.05) is 0 Å². The topological polar surface area (TPSA) is 24.5 Å². The number of hydrogen-bond acceptors (Lipinski definition) is 3. The van der Waals surface area contributed by atoms with Gasteiger partial charge >= 0.3 is 0 Å². The van der Waals surface area contributed by atoms with Gasteiger partial charge in [0.05, 0.1) is 12.7 Å². The van der Waals surface area contributed by atoms with Crippen molar-refractivity contribution in [1.29, 1.82) is 0 Å². The Morgan fingerprint density at radius 3 is 2.60 bits per heavy atom. The predicted molar refractivity (Wildman–Crippen MR) is 83.9 cm³/mol. The highest BCUT2D eigenvalue weighted by Gasteiger charge is 2.26. The van der Waals surface area contributed by atoms with Crippen LogP contribution in [0.5, 0.6) is 0 Å². The maximum atomic E-state index is 5.68. The summed E-state index contributed by atoms with van der Waals surface area (Å²) in [5, 5.41) is 3.65. The molecule has 3 nitrogen and oxygen atoms in total. The van der Waals surface area contributed by atoms with Gasteiger partial charge in [0.1, 0.15) is 0 Å². The van der Waals surface area contributed by atoms with Crippen molar-refractivity contribution >= 4 is 0 Å². The minimum Gasteiger partial charge on any atom is -0.376 e. The van der Waals surface area contributed by atoms with Crippen LogP contribution in [0, 0.1) is 0 Å². The Morgan fingerprint density at radius 1 is 1.30 bits per heavy atom. The summed E-state index contributed by atoms with van der Waals surface area (Å²) in [6, 6.07) is 11.2. The van der Waals surface area contributed by atoms with Crippen molar-refractivity contribution < 1.29 is 4.74 Å². The Morgan fingerprint density at radius 2 is 2.00 bits per heavy atom. The van der Waals surface area contributed by atoms with E-state index in [1.165, 1.54) is 5.56 Å². The summed E-state index contributed by atoms with van der Waals surface area (Å²) in [5.41, 5.74) is 1.53. The molecule has 0 aromatic heterocycles. The SMILES string of the molecule is CC1CN(C(CNC(C)(C)C)c2ccccc2)CCO1. The fraction of sp³-hybridized carbons (Fsp3) is 0.647. The van der Waals surface area contributed by atoms with Gasteiger partial charge in [0.25, 0.3) is 0 Å². The van der Waals surface area contributed by atoms with E-state index in [0.29, 0.717) is 12.1 Å². The molecule has 1 aliphatic rings. The lowest BCUT2D eigenvalue weighted by Crippen LogP contribution is -2.48. The van der Waals surface area contributed by atoms with Crippen LogP contribution >= 0.6 is 0 Å². The molecular weight excluding hydrogens is 248 g/mol. The molecule has 0 radical (unpaired) electrons. The first-order chi connectivity index (χ1) is 9.46. The lowest BCUT2D eigenvalue weighted by atomic mass is 10.0. The summed E-state index contributed by atoms with van der Waals surface area (Å²) >= 11 is 0. The number of nitrogens with one attached hydrogen (secondary N) is 1. The lowest BCUT2D eigenvalue weighted by Gasteiger charge is -2.39. The second-order valence-corrected chi connectivity index (χ2v) is 6.73. The molecule has 0 spiro atoms. The Bertz CT molecular complexity index is 399. The maximum absolute atomic E-state index is 5.68. The van der Waals surface area contributed by atoms with E-state index in [2.05, 4.69) is 68.2 Å².